The number of ether oxygens (including phenoxy) is 2. The molecule has 0 saturated heterocycles. The smallest absolute Gasteiger partial charge is 0.275 e. The molecule has 33 heavy (non-hydrogen) atoms. The van der Waals surface area contributed by atoms with E-state index in [1.807, 2.05) is 42.6 Å². The van der Waals surface area contributed by atoms with Crippen LogP contribution >= 0.6 is 23.2 Å². The van der Waals surface area contributed by atoms with Gasteiger partial charge in [-0.05, 0) is 35.9 Å². The number of carbonyl (C=O) groups excluding carboxylic acids is 1. The van der Waals surface area contributed by atoms with Crippen LogP contribution < -0.4 is 14.9 Å². The number of carbonyl (C=O) groups is 1. The molecule has 3 aromatic carbocycles. The van der Waals surface area contributed by atoms with Gasteiger partial charge in [0.05, 0.1) is 26.0 Å². The molecular formula is C25H21Cl2N3O3. The molecule has 0 spiro atoms. The van der Waals surface area contributed by atoms with Crippen LogP contribution in [0.4, 0.5) is 0 Å². The van der Waals surface area contributed by atoms with Crippen LogP contribution in [0, 0.1) is 0 Å². The fourth-order valence-electron chi connectivity index (χ4n) is 3.55. The molecule has 6 nitrogen and oxygen atoms in total. The third kappa shape index (κ3) is 4.97. The summed E-state index contributed by atoms with van der Waals surface area (Å²) in [7, 11) is 3.05. The number of amides is 1. The number of rotatable bonds is 7. The molecule has 1 N–H and O–H groups in total. The van der Waals surface area contributed by atoms with E-state index in [9.17, 15) is 4.79 Å². The monoisotopic (exact) mass is 481 g/mol. The fourth-order valence-corrected chi connectivity index (χ4v) is 4.02. The summed E-state index contributed by atoms with van der Waals surface area (Å²) in [6.07, 6.45) is 3.59. The molecule has 0 fully saturated rings. The number of hydrogen-bond donors (Lipinski definition) is 1. The molecule has 0 aliphatic rings. The Morgan fingerprint density at radius 1 is 1.06 bits per heavy atom. The van der Waals surface area contributed by atoms with Crippen LogP contribution in [-0.4, -0.2) is 30.9 Å². The van der Waals surface area contributed by atoms with Crippen molar-refractivity contribution in [1.82, 2.24) is 9.99 Å². The quantitative estimate of drug-likeness (QED) is 0.268. The molecule has 0 unspecified atom stereocenters. The van der Waals surface area contributed by atoms with E-state index in [-0.39, 0.29) is 5.91 Å². The SMILES string of the molecule is COc1ccc(C(=O)N/N=C\c2cn(Cc3ccc(Cl)cc3Cl)c3ccccc23)c(OC)c1. The molecular weight excluding hydrogens is 461 g/mol. The predicted molar refractivity (Wildman–Crippen MR) is 132 cm³/mol. The molecule has 168 valence electrons. The summed E-state index contributed by atoms with van der Waals surface area (Å²) in [6.45, 7) is 0.569. The predicted octanol–water partition coefficient (Wildman–Crippen LogP) is 5.78. The van der Waals surface area contributed by atoms with E-state index < -0.39 is 0 Å². The molecule has 8 heteroatoms. The van der Waals surface area contributed by atoms with Gasteiger partial charge in [0.1, 0.15) is 11.5 Å². The van der Waals surface area contributed by atoms with Crippen molar-refractivity contribution in [1.29, 1.82) is 0 Å². The van der Waals surface area contributed by atoms with Crippen molar-refractivity contribution in [3.63, 3.8) is 0 Å². The second kappa shape index (κ2) is 9.98. The van der Waals surface area contributed by atoms with Crippen molar-refractivity contribution >= 4 is 46.2 Å². The first kappa shape index (κ1) is 22.7. The second-order valence-corrected chi connectivity index (χ2v) is 8.07. The highest BCUT2D eigenvalue weighted by atomic mass is 35.5. The number of aromatic nitrogens is 1. The van der Waals surface area contributed by atoms with E-state index in [1.165, 1.54) is 7.11 Å². The molecule has 1 amide bonds. The molecule has 1 heterocycles. The highest BCUT2D eigenvalue weighted by molar-refractivity contribution is 6.35. The Kier molecular flexibility index (Phi) is 6.87. The van der Waals surface area contributed by atoms with E-state index in [0.717, 1.165) is 22.0 Å². The van der Waals surface area contributed by atoms with Gasteiger partial charge < -0.3 is 14.0 Å². The summed E-state index contributed by atoms with van der Waals surface area (Å²) >= 11 is 12.4. The van der Waals surface area contributed by atoms with Gasteiger partial charge >= 0.3 is 0 Å². The van der Waals surface area contributed by atoms with E-state index in [1.54, 1.807) is 37.6 Å². The van der Waals surface area contributed by atoms with E-state index >= 15 is 0 Å². The summed E-state index contributed by atoms with van der Waals surface area (Å²) in [5.41, 5.74) is 5.75. The Bertz CT molecular complexity index is 1350. The number of halogens is 2. The number of para-hydroxylation sites is 1. The van der Waals surface area contributed by atoms with Gasteiger partial charge in [-0.25, -0.2) is 5.43 Å². The molecule has 0 aliphatic heterocycles. The minimum Gasteiger partial charge on any atom is -0.497 e. The zero-order valence-electron chi connectivity index (χ0n) is 18.0. The highest BCUT2D eigenvalue weighted by Gasteiger charge is 2.13. The van der Waals surface area contributed by atoms with Crippen LogP contribution in [0.25, 0.3) is 10.9 Å². The van der Waals surface area contributed by atoms with Gasteiger partial charge in [0.2, 0.25) is 0 Å². The number of hydrogen-bond acceptors (Lipinski definition) is 4. The van der Waals surface area contributed by atoms with Gasteiger partial charge in [-0.2, -0.15) is 5.10 Å². The van der Waals surface area contributed by atoms with Crippen molar-refractivity contribution in [3.05, 3.63) is 93.6 Å². The van der Waals surface area contributed by atoms with Gasteiger partial charge in [-0.3, -0.25) is 4.79 Å². The van der Waals surface area contributed by atoms with Crippen molar-refractivity contribution in [2.24, 2.45) is 5.10 Å². The maximum absolute atomic E-state index is 12.6. The van der Waals surface area contributed by atoms with Crippen LogP contribution in [-0.2, 0) is 6.54 Å². The fraction of sp³-hybridized carbons (Fsp3) is 0.120. The molecule has 0 aliphatic carbocycles. The number of benzene rings is 3. The molecule has 4 aromatic rings. The van der Waals surface area contributed by atoms with E-state index in [4.69, 9.17) is 32.7 Å². The summed E-state index contributed by atoms with van der Waals surface area (Å²) in [4.78, 5) is 12.6. The maximum Gasteiger partial charge on any atom is 0.275 e. The van der Waals surface area contributed by atoms with Crippen LogP contribution in [0.3, 0.4) is 0 Å². The molecule has 0 bridgehead atoms. The Hall–Kier alpha value is -3.48. The first-order chi connectivity index (χ1) is 16.0. The number of methoxy groups -OCH3 is 2. The topological polar surface area (TPSA) is 64.8 Å². The third-order valence-electron chi connectivity index (χ3n) is 5.20. The van der Waals surface area contributed by atoms with Crippen LogP contribution in [0.1, 0.15) is 21.5 Å². The Balaban J connectivity index is 1.57. The summed E-state index contributed by atoms with van der Waals surface area (Å²) in [5, 5.41) is 6.37. The number of nitrogens with one attached hydrogen (secondary N) is 1. The lowest BCUT2D eigenvalue weighted by molar-refractivity contribution is 0.0952. The van der Waals surface area contributed by atoms with Gasteiger partial charge in [-0.1, -0.05) is 47.5 Å². The molecule has 0 saturated carbocycles. The minimum absolute atomic E-state index is 0.357. The average molecular weight is 482 g/mol. The van der Waals surface area contributed by atoms with Gasteiger partial charge in [0.15, 0.2) is 0 Å². The van der Waals surface area contributed by atoms with Crippen molar-refractivity contribution in [3.8, 4) is 11.5 Å². The Labute approximate surface area is 201 Å². The normalized spacial score (nSPS) is 11.2. The highest BCUT2D eigenvalue weighted by Crippen LogP contribution is 2.26. The second-order valence-electron chi connectivity index (χ2n) is 7.23. The van der Waals surface area contributed by atoms with Crippen molar-refractivity contribution < 1.29 is 14.3 Å². The molecule has 0 radical (unpaired) electrons. The Morgan fingerprint density at radius 3 is 2.64 bits per heavy atom. The molecule has 1 aromatic heterocycles. The first-order valence-electron chi connectivity index (χ1n) is 10.1. The summed E-state index contributed by atoms with van der Waals surface area (Å²) in [5.74, 6) is 0.612. The third-order valence-corrected chi connectivity index (χ3v) is 5.79. The molecule has 0 atom stereocenters. The molecule has 4 rings (SSSR count). The van der Waals surface area contributed by atoms with Crippen molar-refractivity contribution in [2.75, 3.05) is 14.2 Å². The van der Waals surface area contributed by atoms with E-state index in [0.29, 0.717) is 33.7 Å². The number of fused-ring (bicyclic) bond motifs is 1. The minimum atomic E-state index is -0.387. The zero-order chi connectivity index (χ0) is 23.4. The lowest BCUT2D eigenvalue weighted by Gasteiger charge is -2.08. The lowest BCUT2D eigenvalue weighted by Crippen LogP contribution is -2.18. The largest absolute Gasteiger partial charge is 0.497 e. The van der Waals surface area contributed by atoms with E-state index in [2.05, 4.69) is 15.1 Å². The number of hydrazone groups is 1. The van der Waals surface area contributed by atoms with Gasteiger partial charge in [0, 0.05) is 45.3 Å². The van der Waals surface area contributed by atoms with Crippen LogP contribution in [0.2, 0.25) is 10.0 Å². The zero-order valence-corrected chi connectivity index (χ0v) is 19.5. The summed E-state index contributed by atoms with van der Waals surface area (Å²) in [6, 6.07) is 18.4. The number of nitrogens with zero attached hydrogens (tertiary/aromatic N) is 2. The standard InChI is InChI=1S/C25H21Cl2N3O3/c1-32-19-9-10-21(24(12-19)33-2)25(31)29-28-13-17-15-30(23-6-4-3-5-20(17)23)14-16-7-8-18(26)11-22(16)27/h3-13,15H,14H2,1-2H3,(H,29,31)/b28-13-. The van der Waals surface area contributed by atoms with Crippen molar-refractivity contribution in [2.45, 2.75) is 6.54 Å². The maximum atomic E-state index is 12.6. The van der Waals surface area contributed by atoms with Crippen LogP contribution in [0.5, 0.6) is 11.5 Å². The summed E-state index contributed by atoms with van der Waals surface area (Å²) < 4.78 is 12.5. The van der Waals surface area contributed by atoms with Gasteiger partial charge in [0.25, 0.3) is 5.91 Å². The average Bonchev–Trinajstić information content (AvgIpc) is 3.17. The van der Waals surface area contributed by atoms with Gasteiger partial charge in [-0.15, -0.1) is 0 Å². The first-order valence-corrected chi connectivity index (χ1v) is 10.8. The lowest BCUT2D eigenvalue weighted by atomic mass is 10.2. The van der Waals surface area contributed by atoms with Crippen LogP contribution in [0.15, 0.2) is 72.0 Å². The Morgan fingerprint density at radius 2 is 1.88 bits per heavy atom.